The monoisotopic (exact) mass is 328 g/mol. The van der Waals surface area contributed by atoms with Crippen LogP contribution in [0.4, 0.5) is 5.69 Å². The molecule has 0 aliphatic carbocycles. The van der Waals surface area contributed by atoms with E-state index in [1.165, 1.54) is 23.9 Å². The van der Waals surface area contributed by atoms with Gasteiger partial charge in [-0.05, 0) is 18.2 Å². The highest BCUT2D eigenvalue weighted by Gasteiger charge is 2.09. The van der Waals surface area contributed by atoms with Gasteiger partial charge in [-0.1, -0.05) is 18.2 Å². The first-order valence-electron chi connectivity index (χ1n) is 6.61. The molecule has 0 fully saturated rings. The topological polar surface area (TPSA) is 93.2 Å². The number of benzene rings is 2. The highest BCUT2D eigenvalue weighted by molar-refractivity contribution is 8.00. The molecule has 7 heteroatoms. The van der Waals surface area contributed by atoms with E-state index in [2.05, 4.69) is 0 Å². The van der Waals surface area contributed by atoms with E-state index in [4.69, 9.17) is 10.00 Å². The Hall–Kier alpha value is -2.85. The van der Waals surface area contributed by atoms with Crippen molar-refractivity contribution in [3.63, 3.8) is 0 Å². The average Bonchev–Trinajstić information content (AvgIpc) is 2.58. The highest BCUT2D eigenvalue weighted by atomic mass is 32.2. The maximum Gasteiger partial charge on any atom is 0.316 e. The van der Waals surface area contributed by atoms with E-state index in [0.29, 0.717) is 11.1 Å². The van der Waals surface area contributed by atoms with E-state index in [0.717, 1.165) is 4.90 Å². The molecular weight excluding hydrogens is 316 g/mol. The predicted octanol–water partition coefficient (Wildman–Crippen LogP) is 3.30. The van der Waals surface area contributed by atoms with Crippen LogP contribution in [-0.2, 0) is 16.1 Å². The Morgan fingerprint density at radius 3 is 2.57 bits per heavy atom. The average molecular weight is 328 g/mol. The molecule has 0 saturated carbocycles. The summed E-state index contributed by atoms with van der Waals surface area (Å²) in [5, 5.41) is 19.5. The normalized spacial score (nSPS) is 9.87. The number of hydrogen-bond donors (Lipinski definition) is 0. The highest BCUT2D eigenvalue weighted by Crippen LogP contribution is 2.21. The van der Waals surface area contributed by atoms with Crippen LogP contribution in [0.15, 0.2) is 53.4 Å². The zero-order chi connectivity index (χ0) is 16.7. The van der Waals surface area contributed by atoms with Gasteiger partial charge in [0.25, 0.3) is 5.69 Å². The fraction of sp³-hybridized carbons (Fsp3) is 0.125. The van der Waals surface area contributed by atoms with Crippen LogP contribution in [0, 0.1) is 21.4 Å². The summed E-state index contributed by atoms with van der Waals surface area (Å²) < 4.78 is 5.14. The zero-order valence-corrected chi connectivity index (χ0v) is 12.8. The second-order valence-corrected chi connectivity index (χ2v) is 5.52. The molecule has 0 aliphatic rings. The molecule has 0 atom stereocenters. The van der Waals surface area contributed by atoms with Crippen molar-refractivity contribution in [1.82, 2.24) is 0 Å². The van der Waals surface area contributed by atoms with Crippen LogP contribution in [0.1, 0.15) is 11.1 Å². The van der Waals surface area contributed by atoms with Crippen LogP contribution in [0.2, 0.25) is 0 Å². The molecule has 6 nitrogen and oxygen atoms in total. The van der Waals surface area contributed by atoms with Crippen LogP contribution in [0.3, 0.4) is 0 Å². The maximum absolute atomic E-state index is 11.7. The van der Waals surface area contributed by atoms with Gasteiger partial charge in [-0.15, -0.1) is 11.8 Å². The van der Waals surface area contributed by atoms with Crippen molar-refractivity contribution in [2.45, 2.75) is 11.5 Å². The number of hydrogen-bond acceptors (Lipinski definition) is 6. The van der Waals surface area contributed by atoms with Gasteiger partial charge in [0.1, 0.15) is 6.61 Å². The van der Waals surface area contributed by atoms with Crippen LogP contribution >= 0.6 is 11.8 Å². The maximum atomic E-state index is 11.7. The molecule has 0 unspecified atom stereocenters. The Balaban J connectivity index is 1.83. The third-order valence-corrected chi connectivity index (χ3v) is 3.92. The van der Waals surface area contributed by atoms with Gasteiger partial charge in [-0.3, -0.25) is 14.9 Å². The number of nitro groups is 1. The van der Waals surface area contributed by atoms with Gasteiger partial charge in [0.05, 0.1) is 22.3 Å². The fourth-order valence-electron chi connectivity index (χ4n) is 1.76. The van der Waals surface area contributed by atoms with Crippen LogP contribution in [-0.4, -0.2) is 16.6 Å². The van der Waals surface area contributed by atoms with E-state index in [9.17, 15) is 14.9 Å². The minimum Gasteiger partial charge on any atom is -0.460 e. The number of nitrogens with zero attached hydrogens (tertiary/aromatic N) is 2. The van der Waals surface area contributed by atoms with Crippen LogP contribution in [0.25, 0.3) is 0 Å². The third kappa shape index (κ3) is 4.83. The Morgan fingerprint density at radius 2 is 1.91 bits per heavy atom. The molecule has 2 rings (SSSR count). The van der Waals surface area contributed by atoms with E-state index >= 15 is 0 Å². The lowest BCUT2D eigenvalue weighted by Crippen LogP contribution is -2.08. The Morgan fingerprint density at radius 1 is 1.22 bits per heavy atom. The van der Waals surface area contributed by atoms with E-state index < -0.39 is 10.9 Å². The Kier molecular flexibility index (Phi) is 5.72. The summed E-state index contributed by atoms with van der Waals surface area (Å²) in [6, 6.07) is 14.9. The Labute approximate surface area is 136 Å². The van der Waals surface area contributed by atoms with Gasteiger partial charge < -0.3 is 4.74 Å². The number of carbonyl (C=O) groups is 1. The SMILES string of the molecule is N#Cc1ccccc1COC(=O)CSc1ccc([N+](=O)[O-])cc1. The quantitative estimate of drug-likeness (QED) is 0.349. The van der Waals surface area contributed by atoms with E-state index in [-0.39, 0.29) is 18.0 Å². The van der Waals surface area contributed by atoms with Gasteiger partial charge >= 0.3 is 5.97 Å². The molecule has 0 saturated heterocycles. The first-order valence-corrected chi connectivity index (χ1v) is 7.59. The number of thioether (sulfide) groups is 1. The molecule has 0 bridgehead atoms. The summed E-state index contributed by atoms with van der Waals surface area (Å²) in [5.74, 6) is -0.326. The van der Waals surface area contributed by atoms with E-state index in [1.807, 2.05) is 6.07 Å². The van der Waals surface area contributed by atoms with Gasteiger partial charge in [0.2, 0.25) is 0 Å². The number of rotatable bonds is 6. The first kappa shape index (κ1) is 16.5. The molecule has 0 spiro atoms. The molecular formula is C16H12N2O4S. The summed E-state index contributed by atoms with van der Waals surface area (Å²) >= 11 is 1.23. The summed E-state index contributed by atoms with van der Waals surface area (Å²) in [7, 11) is 0. The summed E-state index contributed by atoms with van der Waals surface area (Å²) in [6.45, 7) is 0.0450. The summed E-state index contributed by atoms with van der Waals surface area (Å²) in [5.41, 5.74) is 1.14. The van der Waals surface area contributed by atoms with Crippen molar-refractivity contribution < 1.29 is 14.5 Å². The molecule has 0 N–H and O–H groups in total. The van der Waals surface area contributed by atoms with Gasteiger partial charge in [-0.2, -0.15) is 5.26 Å². The number of ether oxygens (including phenoxy) is 1. The Bertz CT molecular complexity index is 753. The van der Waals surface area contributed by atoms with Gasteiger partial charge in [0.15, 0.2) is 0 Å². The zero-order valence-electron chi connectivity index (χ0n) is 12.0. The number of non-ortho nitro benzene ring substituents is 1. The minimum atomic E-state index is -0.477. The number of nitro benzene ring substituents is 1. The number of carbonyl (C=O) groups excluding carboxylic acids is 1. The van der Waals surface area contributed by atoms with Crippen molar-refractivity contribution in [2.24, 2.45) is 0 Å². The molecule has 2 aromatic carbocycles. The first-order chi connectivity index (χ1) is 11.1. The largest absolute Gasteiger partial charge is 0.460 e. The number of esters is 1. The summed E-state index contributed by atoms with van der Waals surface area (Å²) in [4.78, 5) is 22.5. The van der Waals surface area contributed by atoms with Gasteiger partial charge in [0, 0.05) is 22.6 Å². The molecule has 0 radical (unpaired) electrons. The third-order valence-electron chi connectivity index (χ3n) is 2.93. The van der Waals surface area contributed by atoms with Crippen molar-refractivity contribution in [3.05, 3.63) is 69.8 Å². The molecule has 0 aromatic heterocycles. The van der Waals surface area contributed by atoms with E-state index in [1.54, 1.807) is 36.4 Å². The molecule has 2 aromatic rings. The molecule has 0 heterocycles. The lowest BCUT2D eigenvalue weighted by Gasteiger charge is -2.06. The van der Waals surface area contributed by atoms with Crippen molar-refractivity contribution >= 4 is 23.4 Å². The molecule has 0 amide bonds. The lowest BCUT2D eigenvalue weighted by molar-refractivity contribution is -0.384. The smallest absolute Gasteiger partial charge is 0.316 e. The minimum absolute atomic E-state index is 0.00466. The standard InChI is InChI=1S/C16H12N2O4S/c17-9-12-3-1-2-4-13(12)10-22-16(19)11-23-15-7-5-14(6-8-15)18(20)21/h1-8H,10-11H2. The van der Waals surface area contributed by atoms with Crippen molar-refractivity contribution in [3.8, 4) is 6.07 Å². The van der Waals surface area contributed by atoms with Gasteiger partial charge in [-0.25, -0.2) is 0 Å². The molecule has 0 aliphatic heterocycles. The van der Waals surface area contributed by atoms with Crippen molar-refractivity contribution in [2.75, 3.05) is 5.75 Å². The van der Waals surface area contributed by atoms with Crippen LogP contribution < -0.4 is 0 Å². The summed E-state index contributed by atoms with van der Waals surface area (Å²) in [6.07, 6.45) is 0. The second-order valence-electron chi connectivity index (χ2n) is 4.47. The second kappa shape index (κ2) is 7.96. The fourth-order valence-corrected chi connectivity index (χ4v) is 2.46. The lowest BCUT2D eigenvalue weighted by atomic mass is 10.1. The molecule has 23 heavy (non-hydrogen) atoms. The predicted molar refractivity (Wildman–Crippen MR) is 84.8 cm³/mol. The van der Waals surface area contributed by atoms with Crippen molar-refractivity contribution in [1.29, 1.82) is 5.26 Å². The number of nitriles is 1. The molecule has 116 valence electrons. The van der Waals surface area contributed by atoms with Crippen LogP contribution in [0.5, 0.6) is 0 Å².